The highest BCUT2D eigenvalue weighted by molar-refractivity contribution is 5.98. The van der Waals surface area contributed by atoms with Gasteiger partial charge in [0.05, 0.1) is 14.2 Å². The molecule has 0 fully saturated rings. The van der Waals surface area contributed by atoms with Crippen LogP contribution >= 0.6 is 0 Å². The van der Waals surface area contributed by atoms with E-state index in [1.807, 2.05) is 18.2 Å². The standard InChI is InChI=1S/C26H31NO3/c1-29-24-16-15-21-19(9-5-13-22(21)25(24)30-2)11-7-17-27-26(28)23-14-6-10-18-8-3-4-12-20(18)23/h4,6,10,12,14-16,19H,3,5,7-9,11,13,17H2,1-2H3,(H,27,28)/t19-/m1/s1. The van der Waals surface area contributed by atoms with Gasteiger partial charge in [-0.05, 0) is 79.7 Å². The SMILES string of the molecule is COc1ccc2c(c1OC)CCC[C@@H]2CCCNC(=O)c1cccc2c1C=CCC2. The van der Waals surface area contributed by atoms with Crippen LogP contribution < -0.4 is 14.8 Å². The summed E-state index contributed by atoms with van der Waals surface area (Å²) in [5.41, 5.74) is 5.83. The Balaban J connectivity index is 1.36. The molecule has 2 aromatic carbocycles. The highest BCUT2D eigenvalue weighted by Crippen LogP contribution is 2.43. The van der Waals surface area contributed by atoms with Crippen LogP contribution in [0, 0.1) is 0 Å². The van der Waals surface area contributed by atoms with E-state index < -0.39 is 0 Å². The topological polar surface area (TPSA) is 47.6 Å². The third-order valence-electron chi connectivity index (χ3n) is 6.42. The van der Waals surface area contributed by atoms with Crippen LogP contribution in [0.25, 0.3) is 6.08 Å². The number of methoxy groups -OCH3 is 2. The number of benzene rings is 2. The predicted molar refractivity (Wildman–Crippen MR) is 121 cm³/mol. The molecule has 158 valence electrons. The van der Waals surface area contributed by atoms with Gasteiger partial charge in [-0.3, -0.25) is 4.79 Å². The normalized spacial score (nSPS) is 17.1. The minimum Gasteiger partial charge on any atom is -0.493 e. The van der Waals surface area contributed by atoms with Gasteiger partial charge in [0.15, 0.2) is 11.5 Å². The molecule has 0 aromatic heterocycles. The molecule has 2 aliphatic carbocycles. The summed E-state index contributed by atoms with van der Waals surface area (Å²) in [5, 5.41) is 3.14. The number of fused-ring (bicyclic) bond motifs is 2. The lowest BCUT2D eigenvalue weighted by Gasteiger charge is -2.28. The summed E-state index contributed by atoms with van der Waals surface area (Å²) in [5.74, 6) is 2.24. The van der Waals surface area contributed by atoms with E-state index in [9.17, 15) is 4.79 Å². The first-order valence-corrected chi connectivity index (χ1v) is 11.0. The number of hydrogen-bond acceptors (Lipinski definition) is 3. The summed E-state index contributed by atoms with van der Waals surface area (Å²) < 4.78 is 11.1. The van der Waals surface area contributed by atoms with Crippen molar-refractivity contribution >= 4 is 12.0 Å². The summed E-state index contributed by atoms with van der Waals surface area (Å²) in [6, 6.07) is 10.3. The second-order valence-corrected chi connectivity index (χ2v) is 8.18. The fourth-order valence-corrected chi connectivity index (χ4v) is 4.94. The molecule has 2 aromatic rings. The average molecular weight is 406 g/mol. The first-order chi connectivity index (χ1) is 14.7. The van der Waals surface area contributed by atoms with Crippen LogP contribution in [0.1, 0.15) is 70.6 Å². The van der Waals surface area contributed by atoms with E-state index in [0.717, 1.165) is 61.2 Å². The molecule has 4 heteroatoms. The number of nitrogens with one attached hydrogen (secondary N) is 1. The van der Waals surface area contributed by atoms with Gasteiger partial charge in [0.25, 0.3) is 5.91 Å². The fourth-order valence-electron chi connectivity index (χ4n) is 4.94. The van der Waals surface area contributed by atoms with E-state index in [1.54, 1.807) is 14.2 Å². The Hall–Kier alpha value is -2.75. The van der Waals surface area contributed by atoms with Gasteiger partial charge in [0, 0.05) is 17.7 Å². The summed E-state index contributed by atoms with van der Waals surface area (Å²) in [6.07, 6.45) is 11.7. The van der Waals surface area contributed by atoms with Crippen molar-refractivity contribution in [2.24, 2.45) is 0 Å². The summed E-state index contributed by atoms with van der Waals surface area (Å²) in [4.78, 5) is 12.7. The molecule has 2 aliphatic rings. The molecule has 1 N–H and O–H groups in total. The molecule has 0 bridgehead atoms. The van der Waals surface area contributed by atoms with Crippen molar-refractivity contribution in [2.75, 3.05) is 20.8 Å². The van der Waals surface area contributed by atoms with Crippen LogP contribution in [0.4, 0.5) is 0 Å². The molecule has 0 spiro atoms. The van der Waals surface area contributed by atoms with Gasteiger partial charge in [0.2, 0.25) is 0 Å². The number of ether oxygens (including phenoxy) is 2. The molecular weight excluding hydrogens is 374 g/mol. The summed E-state index contributed by atoms with van der Waals surface area (Å²) >= 11 is 0. The number of carbonyl (C=O) groups is 1. The van der Waals surface area contributed by atoms with Crippen molar-refractivity contribution in [3.63, 3.8) is 0 Å². The van der Waals surface area contributed by atoms with Gasteiger partial charge in [0.1, 0.15) is 0 Å². The largest absolute Gasteiger partial charge is 0.493 e. The van der Waals surface area contributed by atoms with E-state index in [4.69, 9.17) is 9.47 Å². The molecule has 0 saturated carbocycles. The smallest absolute Gasteiger partial charge is 0.251 e. The number of hydrogen-bond donors (Lipinski definition) is 1. The molecule has 0 saturated heterocycles. The lowest BCUT2D eigenvalue weighted by atomic mass is 9.80. The van der Waals surface area contributed by atoms with Gasteiger partial charge < -0.3 is 14.8 Å². The van der Waals surface area contributed by atoms with Crippen molar-refractivity contribution in [1.29, 1.82) is 0 Å². The van der Waals surface area contributed by atoms with Crippen molar-refractivity contribution < 1.29 is 14.3 Å². The van der Waals surface area contributed by atoms with Gasteiger partial charge in [-0.25, -0.2) is 0 Å². The van der Waals surface area contributed by atoms with E-state index in [2.05, 4.69) is 29.6 Å². The predicted octanol–water partition coefficient (Wildman–Crippen LogP) is 5.29. The first-order valence-electron chi connectivity index (χ1n) is 11.0. The van der Waals surface area contributed by atoms with E-state index in [0.29, 0.717) is 12.5 Å². The lowest BCUT2D eigenvalue weighted by Crippen LogP contribution is -2.26. The minimum atomic E-state index is 0.0360. The lowest BCUT2D eigenvalue weighted by molar-refractivity contribution is 0.0952. The van der Waals surface area contributed by atoms with Crippen molar-refractivity contribution in [3.05, 3.63) is 64.2 Å². The number of allylic oxidation sites excluding steroid dienone is 1. The van der Waals surface area contributed by atoms with Crippen molar-refractivity contribution in [1.82, 2.24) is 5.32 Å². The average Bonchev–Trinajstić information content (AvgIpc) is 2.80. The quantitative estimate of drug-likeness (QED) is 0.637. The number of carbonyl (C=O) groups excluding carboxylic acids is 1. The van der Waals surface area contributed by atoms with Crippen LogP contribution in [0.2, 0.25) is 0 Å². The molecule has 1 amide bonds. The minimum absolute atomic E-state index is 0.0360. The fraction of sp³-hybridized carbons (Fsp3) is 0.423. The van der Waals surface area contributed by atoms with Crippen LogP contribution in [-0.2, 0) is 12.8 Å². The molecule has 4 nitrogen and oxygen atoms in total. The highest BCUT2D eigenvalue weighted by atomic mass is 16.5. The van der Waals surface area contributed by atoms with Crippen molar-refractivity contribution in [3.8, 4) is 11.5 Å². The monoisotopic (exact) mass is 405 g/mol. The summed E-state index contributed by atoms with van der Waals surface area (Å²) in [7, 11) is 3.40. The third-order valence-corrected chi connectivity index (χ3v) is 6.42. The highest BCUT2D eigenvalue weighted by Gasteiger charge is 2.25. The second-order valence-electron chi connectivity index (χ2n) is 8.18. The van der Waals surface area contributed by atoms with Crippen LogP contribution in [-0.4, -0.2) is 26.7 Å². The van der Waals surface area contributed by atoms with Crippen LogP contribution in [0.3, 0.4) is 0 Å². The van der Waals surface area contributed by atoms with Crippen molar-refractivity contribution in [2.45, 2.75) is 50.9 Å². The molecule has 0 aliphatic heterocycles. The molecule has 0 unspecified atom stereocenters. The molecule has 0 heterocycles. The number of amides is 1. The number of rotatable bonds is 7. The zero-order valence-corrected chi connectivity index (χ0v) is 18.0. The molecule has 30 heavy (non-hydrogen) atoms. The van der Waals surface area contributed by atoms with E-state index in [1.165, 1.54) is 23.1 Å². The van der Waals surface area contributed by atoms with Crippen LogP contribution in [0.5, 0.6) is 11.5 Å². The van der Waals surface area contributed by atoms with E-state index in [-0.39, 0.29) is 5.91 Å². The Morgan fingerprint density at radius 2 is 2.03 bits per heavy atom. The Bertz CT molecular complexity index is 948. The van der Waals surface area contributed by atoms with Gasteiger partial charge in [-0.1, -0.05) is 30.4 Å². The Labute approximate surface area is 179 Å². The molecule has 4 rings (SSSR count). The maximum Gasteiger partial charge on any atom is 0.251 e. The first kappa shape index (κ1) is 20.5. The Morgan fingerprint density at radius 3 is 2.87 bits per heavy atom. The van der Waals surface area contributed by atoms with Gasteiger partial charge in [-0.15, -0.1) is 0 Å². The maximum atomic E-state index is 12.7. The Morgan fingerprint density at radius 1 is 1.13 bits per heavy atom. The molecule has 0 radical (unpaired) electrons. The number of aryl methyl sites for hydroxylation is 1. The second kappa shape index (κ2) is 9.38. The molecule has 1 atom stereocenters. The zero-order valence-electron chi connectivity index (χ0n) is 18.0. The Kier molecular flexibility index (Phi) is 6.41. The van der Waals surface area contributed by atoms with E-state index >= 15 is 0 Å². The van der Waals surface area contributed by atoms with Gasteiger partial charge >= 0.3 is 0 Å². The molecular formula is C26H31NO3. The third kappa shape index (κ3) is 4.09. The maximum absolute atomic E-state index is 12.7. The van der Waals surface area contributed by atoms with Crippen LogP contribution in [0.15, 0.2) is 36.4 Å². The summed E-state index contributed by atoms with van der Waals surface area (Å²) in [6.45, 7) is 0.700. The zero-order chi connectivity index (χ0) is 20.9. The van der Waals surface area contributed by atoms with Gasteiger partial charge in [-0.2, -0.15) is 0 Å².